The first-order valence-corrected chi connectivity index (χ1v) is 8.09. The number of benzene rings is 1. The summed E-state index contributed by atoms with van der Waals surface area (Å²) in [7, 11) is 0. The normalized spacial score (nSPS) is 17.4. The van der Waals surface area contributed by atoms with Crippen molar-refractivity contribution in [3.05, 3.63) is 46.7 Å². The second kappa shape index (κ2) is 5.89. The Kier molecular flexibility index (Phi) is 4.06. The summed E-state index contributed by atoms with van der Waals surface area (Å²) in [4.78, 5) is 16.9. The maximum atomic E-state index is 12.7. The van der Waals surface area contributed by atoms with E-state index in [1.54, 1.807) is 6.07 Å². The predicted octanol–water partition coefficient (Wildman–Crippen LogP) is 3.11. The maximum Gasteiger partial charge on any atom is 0.274 e. The molecular formula is C17H21ClN4O. The Hall–Kier alpha value is -2.01. The molecule has 0 bridgehead atoms. The summed E-state index contributed by atoms with van der Waals surface area (Å²) in [6.45, 7) is 8.30. The van der Waals surface area contributed by atoms with Gasteiger partial charge in [0.1, 0.15) is 5.69 Å². The summed E-state index contributed by atoms with van der Waals surface area (Å²) in [5, 5.41) is 7.67. The molecule has 23 heavy (non-hydrogen) atoms. The van der Waals surface area contributed by atoms with Crippen LogP contribution in [0, 0.1) is 6.92 Å². The number of rotatable bonds is 2. The molecule has 1 N–H and O–H groups in total. The molecule has 0 unspecified atom stereocenters. The molecule has 2 aromatic rings. The number of aryl methyl sites for hydroxylation is 1. The maximum absolute atomic E-state index is 12.7. The van der Waals surface area contributed by atoms with Gasteiger partial charge in [-0.1, -0.05) is 11.6 Å². The number of aromatic amines is 1. The summed E-state index contributed by atoms with van der Waals surface area (Å²) in [6, 6.07) is 9.63. The van der Waals surface area contributed by atoms with Crippen molar-refractivity contribution in [1.29, 1.82) is 0 Å². The summed E-state index contributed by atoms with van der Waals surface area (Å²) in [5.74, 6) is -0.0184. The molecule has 1 saturated heterocycles. The zero-order valence-electron chi connectivity index (χ0n) is 13.6. The number of amides is 1. The number of halogens is 1. The molecule has 1 aromatic carbocycles. The highest BCUT2D eigenvalue weighted by molar-refractivity contribution is 6.30. The van der Waals surface area contributed by atoms with Gasteiger partial charge in [-0.2, -0.15) is 5.10 Å². The molecular weight excluding hydrogens is 312 g/mol. The van der Waals surface area contributed by atoms with Gasteiger partial charge in [-0.25, -0.2) is 0 Å². The molecule has 2 heterocycles. The fourth-order valence-electron chi connectivity index (χ4n) is 3.07. The molecule has 122 valence electrons. The van der Waals surface area contributed by atoms with Crippen LogP contribution in [0.5, 0.6) is 0 Å². The van der Waals surface area contributed by atoms with E-state index in [9.17, 15) is 4.79 Å². The lowest BCUT2D eigenvalue weighted by Crippen LogP contribution is -2.61. The Morgan fingerprint density at radius 3 is 2.52 bits per heavy atom. The molecule has 6 heteroatoms. The highest BCUT2D eigenvalue weighted by Crippen LogP contribution is 2.27. The lowest BCUT2D eigenvalue weighted by atomic mass is 9.97. The number of aromatic nitrogens is 2. The minimum atomic E-state index is -0.276. The van der Waals surface area contributed by atoms with Crippen LogP contribution in [0.4, 0.5) is 5.69 Å². The van der Waals surface area contributed by atoms with Gasteiger partial charge in [0.2, 0.25) is 0 Å². The third-order valence-corrected chi connectivity index (χ3v) is 4.52. The van der Waals surface area contributed by atoms with Crippen LogP contribution in [0.1, 0.15) is 30.0 Å². The third kappa shape index (κ3) is 3.20. The van der Waals surface area contributed by atoms with E-state index in [4.69, 9.17) is 11.6 Å². The summed E-state index contributed by atoms with van der Waals surface area (Å²) < 4.78 is 0. The van der Waals surface area contributed by atoms with Gasteiger partial charge in [-0.15, -0.1) is 0 Å². The molecule has 1 aromatic heterocycles. The van der Waals surface area contributed by atoms with Crippen LogP contribution in [0.3, 0.4) is 0 Å². The van der Waals surface area contributed by atoms with E-state index in [-0.39, 0.29) is 11.4 Å². The summed E-state index contributed by atoms with van der Waals surface area (Å²) >= 11 is 5.96. The zero-order chi connectivity index (χ0) is 16.6. The van der Waals surface area contributed by atoms with Crippen molar-refractivity contribution in [2.75, 3.05) is 24.5 Å². The molecule has 3 rings (SSSR count). The fraction of sp³-hybridized carbons (Fsp3) is 0.412. The summed E-state index contributed by atoms with van der Waals surface area (Å²) in [6.07, 6.45) is 0. The number of H-pyrrole nitrogens is 1. The Morgan fingerprint density at radius 1 is 1.26 bits per heavy atom. The topological polar surface area (TPSA) is 52.2 Å². The van der Waals surface area contributed by atoms with E-state index in [1.807, 2.05) is 36.1 Å². The van der Waals surface area contributed by atoms with E-state index >= 15 is 0 Å². The number of carbonyl (C=O) groups excluding carboxylic acids is 1. The molecule has 0 radical (unpaired) electrons. The van der Waals surface area contributed by atoms with Gasteiger partial charge in [-0.05, 0) is 51.1 Å². The largest absolute Gasteiger partial charge is 0.367 e. The molecule has 1 amide bonds. The summed E-state index contributed by atoms with van der Waals surface area (Å²) in [5.41, 5.74) is 2.23. The Balaban J connectivity index is 1.77. The zero-order valence-corrected chi connectivity index (χ0v) is 14.4. The quantitative estimate of drug-likeness (QED) is 0.919. The first-order valence-electron chi connectivity index (χ1n) is 7.71. The molecule has 0 aliphatic carbocycles. The van der Waals surface area contributed by atoms with Crippen LogP contribution in [0.15, 0.2) is 30.3 Å². The molecule has 1 fully saturated rings. The van der Waals surface area contributed by atoms with Gasteiger partial charge in [0, 0.05) is 36.0 Å². The van der Waals surface area contributed by atoms with Crippen molar-refractivity contribution < 1.29 is 4.79 Å². The number of nitrogens with one attached hydrogen (secondary N) is 1. The number of piperazine rings is 1. The third-order valence-electron chi connectivity index (χ3n) is 4.26. The van der Waals surface area contributed by atoms with Crippen molar-refractivity contribution in [2.45, 2.75) is 26.3 Å². The highest BCUT2D eigenvalue weighted by Gasteiger charge is 2.37. The van der Waals surface area contributed by atoms with E-state index in [0.29, 0.717) is 12.2 Å². The van der Waals surface area contributed by atoms with Gasteiger partial charge in [-0.3, -0.25) is 9.89 Å². The van der Waals surface area contributed by atoms with Crippen LogP contribution in [-0.2, 0) is 0 Å². The second-order valence-electron chi connectivity index (χ2n) is 6.60. The number of carbonyl (C=O) groups is 1. The second-order valence-corrected chi connectivity index (χ2v) is 7.04. The van der Waals surface area contributed by atoms with Crippen LogP contribution in [-0.4, -0.2) is 46.2 Å². The van der Waals surface area contributed by atoms with Crippen molar-refractivity contribution in [2.24, 2.45) is 0 Å². The fourth-order valence-corrected chi connectivity index (χ4v) is 3.20. The molecule has 0 saturated carbocycles. The van der Waals surface area contributed by atoms with Gasteiger partial charge in [0.05, 0.1) is 5.54 Å². The molecule has 1 aliphatic rings. The standard InChI is InChI=1S/C17H21ClN4O/c1-12-10-15(20-19-12)16(23)22-9-8-21(11-17(22,2)3)14-6-4-13(18)5-7-14/h4-7,10H,8-9,11H2,1-3H3,(H,19,20). The van der Waals surface area contributed by atoms with Crippen LogP contribution in [0.25, 0.3) is 0 Å². The van der Waals surface area contributed by atoms with Gasteiger partial charge in [0.25, 0.3) is 5.91 Å². The Bertz CT molecular complexity index is 708. The highest BCUT2D eigenvalue weighted by atomic mass is 35.5. The van der Waals surface area contributed by atoms with Crippen molar-refractivity contribution in [3.8, 4) is 0 Å². The van der Waals surface area contributed by atoms with Crippen molar-refractivity contribution in [1.82, 2.24) is 15.1 Å². The predicted molar refractivity (Wildman–Crippen MR) is 92.1 cm³/mol. The molecule has 0 atom stereocenters. The SMILES string of the molecule is Cc1cc(C(=O)N2CCN(c3ccc(Cl)cc3)CC2(C)C)n[nH]1. The molecule has 5 nitrogen and oxygen atoms in total. The number of anilines is 1. The van der Waals surface area contributed by atoms with E-state index in [0.717, 1.165) is 29.5 Å². The number of nitrogens with zero attached hydrogens (tertiary/aromatic N) is 3. The van der Waals surface area contributed by atoms with E-state index < -0.39 is 0 Å². The molecule has 0 spiro atoms. The monoisotopic (exact) mass is 332 g/mol. The first-order chi connectivity index (χ1) is 10.9. The van der Waals surface area contributed by atoms with Crippen molar-refractivity contribution in [3.63, 3.8) is 0 Å². The smallest absolute Gasteiger partial charge is 0.274 e. The van der Waals surface area contributed by atoms with Gasteiger partial charge in [0.15, 0.2) is 0 Å². The Labute approximate surface area is 141 Å². The van der Waals surface area contributed by atoms with E-state index in [2.05, 4.69) is 28.9 Å². The minimum Gasteiger partial charge on any atom is -0.367 e. The van der Waals surface area contributed by atoms with Crippen LogP contribution < -0.4 is 4.90 Å². The Morgan fingerprint density at radius 2 is 1.96 bits per heavy atom. The van der Waals surface area contributed by atoms with Crippen molar-refractivity contribution >= 4 is 23.2 Å². The molecule has 1 aliphatic heterocycles. The van der Waals surface area contributed by atoms with Crippen LogP contribution >= 0.6 is 11.6 Å². The lowest BCUT2D eigenvalue weighted by Gasteiger charge is -2.47. The minimum absolute atomic E-state index is 0.0184. The van der Waals surface area contributed by atoms with Crippen LogP contribution in [0.2, 0.25) is 5.02 Å². The van der Waals surface area contributed by atoms with Gasteiger partial charge < -0.3 is 9.80 Å². The lowest BCUT2D eigenvalue weighted by molar-refractivity contribution is 0.0508. The van der Waals surface area contributed by atoms with E-state index in [1.165, 1.54) is 0 Å². The first kappa shape index (κ1) is 15.9. The number of hydrogen-bond donors (Lipinski definition) is 1. The average Bonchev–Trinajstić information content (AvgIpc) is 2.93. The number of hydrogen-bond acceptors (Lipinski definition) is 3. The van der Waals surface area contributed by atoms with Gasteiger partial charge >= 0.3 is 0 Å². The average molecular weight is 333 g/mol.